The molecule has 1 saturated heterocycles. The average molecular weight is 423 g/mol. The van der Waals surface area contributed by atoms with E-state index < -0.39 is 0 Å². The molecule has 0 N–H and O–H groups in total. The Balaban J connectivity index is 1.64. The first-order chi connectivity index (χ1) is 12.5. The van der Waals surface area contributed by atoms with E-state index in [1.165, 1.54) is 7.11 Å². The van der Waals surface area contributed by atoms with E-state index in [2.05, 4.69) is 15.9 Å². The molecule has 2 heterocycles. The Morgan fingerprint density at radius 2 is 1.54 bits per heavy atom. The van der Waals surface area contributed by atoms with Crippen LogP contribution in [0.15, 0.2) is 39.4 Å². The van der Waals surface area contributed by atoms with Crippen molar-refractivity contribution in [2.75, 3.05) is 40.4 Å². The van der Waals surface area contributed by atoms with Gasteiger partial charge in [0, 0.05) is 31.7 Å². The van der Waals surface area contributed by atoms with Gasteiger partial charge < -0.3 is 23.7 Å². The minimum Gasteiger partial charge on any atom is -0.493 e. The number of piperazine rings is 1. The van der Waals surface area contributed by atoms with Crippen LogP contribution in [0, 0.1) is 0 Å². The lowest BCUT2D eigenvalue weighted by Gasteiger charge is -2.34. The number of rotatable bonds is 4. The van der Waals surface area contributed by atoms with Crippen LogP contribution in [0.3, 0.4) is 0 Å². The van der Waals surface area contributed by atoms with Crippen molar-refractivity contribution < 1.29 is 23.5 Å². The summed E-state index contributed by atoms with van der Waals surface area (Å²) in [5, 5.41) is 0. The number of halogens is 1. The normalized spacial score (nSPS) is 14.3. The minimum atomic E-state index is -0.172. The molecular weight excluding hydrogens is 404 g/mol. The summed E-state index contributed by atoms with van der Waals surface area (Å²) in [5.41, 5.74) is 0.525. The number of hydrogen-bond donors (Lipinski definition) is 0. The fourth-order valence-electron chi connectivity index (χ4n) is 2.85. The Hall–Kier alpha value is -2.48. The van der Waals surface area contributed by atoms with Crippen LogP contribution in [0.1, 0.15) is 20.9 Å². The van der Waals surface area contributed by atoms with E-state index in [4.69, 9.17) is 13.9 Å². The van der Waals surface area contributed by atoms with Crippen LogP contribution in [-0.2, 0) is 0 Å². The number of carbonyl (C=O) groups excluding carboxylic acids is 2. The molecule has 7 nitrogen and oxygen atoms in total. The highest BCUT2D eigenvalue weighted by Gasteiger charge is 2.27. The molecule has 0 spiro atoms. The highest BCUT2D eigenvalue weighted by atomic mass is 79.9. The zero-order valence-corrected chi connectivity index (χ0v) is 16.1. The number of furan rings is 1. The van der Waals surface area contributed by atoms with E-state index in [1.807, 2.05) is 0 Å². The summed E-state index contributed by atoms with van der Waals surface area (Å²) in [7, 11) is 3.08. The van der Waals surface area contributed by atoms with Gasteiger partial charge in [-0.3, -0.25) is 9.59 Å². The van der Waals surface area contributed by atoms with Crippen LogP contribution < -0.4 is 9.47 Å². The molecule has 1 aliphatic rings. The van der Waals surface area contributed by atoms with Gasteiger partial charge in [-0.15, -0.1) is 0 Å². The third kappa shape index (κ3) is 3.70. The second-order valence-corrected chi connectivity index (χ2v) is 6.54. The summed E-state index contributed by atoms with van der Waals surface area (Å²) in [6, 6.07) is 8.40. The first-order valence-corrected chi connectivity index (χ1v) is 8.88. The van der Waals surface area contributed by atoms with E-state index in [-0.39, 0.29) is 17.6 Å². The van der Waals surface area contributed by atoms with Gasteiger partial charge in [-0.05, 0) is 46.3 Å². The van der Waals surface area contributed by atoms with Gasteiger partial charge in [0.15, 0.2) is 21.9 Å². The summed E-state index contributed by atoms with van der Waals surface area (Å²) in [4.78, 5) is 28.5. The van der Waals surface area contributed by atoms with Crippen LogP contribution in [0.5, 0.6) is 11.5 Å². The lowest BCUT2D eigenvalue weighted by Crippen LogP contribution is -2.50. The fourth-order valence-corrected chi connectivity index (χ4v) is 3.16. The quantitative estimate of drug-likeness (QED) is 0.756. The molecule has 1 aromatic carbocycles. The summed E-state index contributed by atoms with van der Waals surface area (Å²) in [5.74, 6) is 1.10. The van der Waals surface area contributed by atoms with Crippen LogP contribution in [0.2, 0.25) is 0 Å². The van der Waals surface area contributed by atoms with Gasteiger partial charge in [0.25, 0.3) is 11.8 Å². The van der Waals surface area contributed by atoms with Gasteiger partial charge in [-0.1, -0.05) is 0 Å². The molecule has 0 radical (unpaired) electrons. The minimum absolute atomic E-state index is 0.0983. The fraction of sp³-hybridized carbons (Fsp3) is 0.333. The predicted octanol–water partition coefficient (Wildman–Crippen LogP) is 2.66. The third-order valence-corrected chi connectivity index (χ3v) is 4.69. The highest BCUT2D eigenvalue weighted by molar-refractivity contribution is 9.10. The lowest BCUT2D eigenvalue weighted by molar-refractivity contribution is 0.0517. The Kier molecular flexibility index (Phi) is 5.51. The topological polar surface area (TPSA) is 72.2 Å². The second-order valence-electron chi connectivity index (χ2n) is 5.76. The van der Waals surface area contributed by atoms with Gasteiger partial charge >= 0.3 is 0 Å². The van der Waals surface area contributed by atoms with Crippen molar-refractivity contribution in [1.29, 1.82) is 0 Å². The van der Waals surface area contributed by atoms with Crippen LogP contribution in [0.25, 0.3) is 0 Å². The number of hydrogen-bond acceptors (Lipinski definition) is 5. The first-order valence-electron chi connectivity index (χ1n) is 8.09. The molecule has 1 fully saturated rings. The third-order valence-electron chi connectivity index (χ3n) is 4.27. The summed E-state index contributed by atoms with van der Waals surface area (Å²) < 4.78 is 16.3. The Morgan fingerprint density at radius 1 is 0.923 bits per heavy atom. The van der Waals surface area contributed by atoms with Gasteiger partial charge in [0.05, 0.1) is 14.2 Å². The second kappa shape index (κ2) is 7.82. The standard InChI is InChI=1S/C18H19BrN2O5/c1-24-13-4-3-12(11-15(13)25-2)17(22)20-7-9-21(10-8-20)18(23)14-5-6-16(19)26-14/h3-6,11H,7-10H2,1-2H3. The molecular formula is C18H19BrN2O5. The molecule has 8 heteroatoms. The zero-order chi connectivity index (χ0) is 18.7. The molecule has 0 bridgehead atoms. The lowest BCUT2D eigenvalue weighted by atomic mass is 10.1. The average Bonchev–Trinajstić information content (AvgIpc) is 3.12. The molecule has 3 rings (SSSR count). The van der Waals surface area contributed by atoms with Gasteiger partial charge in [0.1, 0.15) is 0 Å². The monoisotopic (exact) mass is 422 g/mol. The number of methoxy groups -OCH3 is 2. The predicted molar refractivity (Wildman–Crippen MR) is 97.8 cm³/mol. The van der Waals surface area contributed by atoms with Crippen LogP contribution >= 0.6 is 15.9 Å². The van der Waals surface area contributed by atoms with Crippen molar-refractivity contribution in [3.05, 3.63) is 46.3 Å². The molecule has 26 heavy (non-hydrogen) atoms. The van der Waals surface area contributed by atoms with Crippen molar-refractivity contribution in [2.45, 2.75) is 0 Å². The van der Waals surface area contributed by atoms with E-state index >= 15 is 0 Å². The van der Waals surface area contributed by atoms with Crippen molar-refractivity contribution in [3.63, 3.8) is 0 Å². The highest BCUT2D eigenvalue weighted by Crippen LogP contribution is 2.28. The number of benzene rings is 1. The number of carbonyl (C=O) groups is 2. The van der Waals surface area contributed by atoms with Crippen molar-refractivity contribution in [2.24, 2.45) is 0 Å². The van der Waals surface area contributed by atoms with Gasteiger partial charge in [0.2, 0.25) is 0 Å². The molecule has 1 aromatic heterocycles. The molecule has 2 amide bonds. The maximum Gasteiger partial charge on any atom is 0.289 e. The molecule has 2 aromatic rings. The maximum absolute atomic E-state index is 12.7. The number of ether oxygens (including phenoxy) is 2. The molecule has 1 aliphatic heterocycles. The number of nitrogens with zero attached hydrogens (tertiary/aromatic N) is 2. The molecule has 138 valence electrons. The van der Waals surface area contributed by atoms with Crippen LogP contribution in [0.4, 0.5) is 0 Å². The SMILES string of the molecule is COc1ccc(C(=O)N2CCN(C(=O)c3ccc(Br)o3)CC2)cc1OC. The zero-order valence-electron chi connectivity index (χ0n) is 14.5. The molecule has 0 atom stereocenters. The van der Waals surface area contributed by atoms with Crippen molar-refractivity contribution in [3.8, 4) is 11.5 Å². The molecule has 0 unspecified atom stereocenters. The number of amides is 2. The smallest absolute Gasteiger partial charge is 0.289 e. The van der Waals surface area contributed by atoms with E-state index in [1.54, 1.807) is 47.2 Å². The Bertz CT molecular complexity index is 812. The van der Waals surface area contributed by atoms with Crippen molar-refractivity contribution in [1.82, 2.24) is 9.80 Å². The maximum atomic E-state index is 12.7. The Labute approximate surface area is 159 Å². The summed E-state index contributed by atoms with van der Waals surface area (Å²) in [6.45, 7) is 1.83. The Morgan fingerprint density at radius 3 is 2.08 bits per heavy atom. The summed E-state index contributed by atoms with van der Waals surface area (Å²) >= 11 is 3.19. The van der Waals surface area contributed by atoms with Crippen molar-refractivity contribution >= 4 is 27.7 Å². The van der Waals surface area contributed by atoms with Gasteiger partial charge in [-0.2, -0.15) is 0 Å². The molecule has 0 aliphatic carbocycles. The summed E-state index contributed by atoms with van der Waals surface area (Å²) in [6.07, 6.45) is 0. The van der Waals surface area contributed by atoms with Crippen LogP contribution in [-0.4, -0.2) is 62.0 Å². The largest absolute Gasteiger partial charge is 0.493 e. The van der Waals surface area contributed by atoms with Gasteiger partial charge in [-0.25, -0.2) is 0 Å². The van der Waals surface area contributed by atoms with E-state index in [0.29, 0.717) is 47.9 Å². The molecule has 0 saturated carbocycles. The van der Waals surface area contributed by atoms with E-state index in [9.17, 15) is 9.59 Å². The first kappa shape index (κ1) is 18.3. The van der Waals surface area contributed by atoms with E-state index in [0.717, 1.165) is 0 Å².